The maximum Gasteiger partial charge on any atom is 0.223 e. The Kier molecular flexibility index (Phi) is 2.63. The van der Waals surface area contributed by atoms with Gasteiger partial charge in [0.1, 0.15) is 0 Å². The second-order valence-corrected chi connectivity index (χ2v) is 4.87. The largest absolute Gasteiger partial charge is 0.349 e. The standard InChI is InChI=1S/C12H19N3/c1-9-8-10(2)14-11(13-9)15-12(3)6-4-5-7-12/h8H,4-7H2,1-3H3,(H,13,14,15). The lowest BCUT2D eigenvalue weighted by Gasteiger charge is -2.25. The van der Waals surface area contributed by atoms with Crippen LogP contribution in [0.3, 0.4) is 0 Å². The van der Waals surface area contributed by atoms with Crippen molar-refractivity contribution in [3.05, 3.63) is 17.5 Å². The van der Waals surface area contributed by atoms with E-state index in [0.717, 1.165) is 17.3 Å². The Bertz CT molecular complexity index is 334. The summed E-state index contributed by atoms with van der Waals surface area (Å²) < 4.78 is 0. The quantitative estimate of drug-likeness (QED) is 0.806. The van der Waals surface area contributed by atoms with Gasteiger partial charge in [0.2, 0.25) is 5.95 Å². The summed E-state index contributed by atoms with van der Waals surface area (Å²) in [6, 6.07) is 2.00. The molecule has 3 nitrogen and oxygen atoms in total. The van der Waals surface area contributed by atoms with Gasteiger partial charge in [-0.15, -0.1) is 0 Å². The van der Waals surface area contributed by atoms with Crippen LogP contribution in [0.2, 0.25) is 0 Å². The molecule has 0 aromatic carbocycles. The second kappa shape index (κ2) is 3.80. The molecule has 0 bridgehead atoms. The van der Waals surface area contributed by atoms with Gasteiger partial charge >= 0.3 is 0 Å². The van der Waals surface area contributed by atoms with Crippen LogP contribution in [0, 0.1) is 13.8 Å². The smallest absolute Gasteiger partial charge is 0.223 e. The minimum atomic E-state index is 0.209. The van der Waals surface area contributed by atoms with Crippen molar-refractivity contribution in [2.24, 2.45) is 0 Å². The Morgan fingerprint density at radius 1 is 1.13 bits per heavy atom. The molecule has 1 aliphatic rings. The molecule has 1 N–H and O–H groups in total. The molecule has 0 unspecified atom stereocenters. The molecule has 2 rings (SSSR count). The zero-order valence-corrected chi connectivity index (χ0v) is 9.80. The molecule has 1 aromatic heterocycles. The maximum absolute atomic E-state index is 4.42. The normalized spacial score (nSPS) is 19.1. The first-order chi connectivity index (χ1) is 7.07. The molecule has 0 radical (unpaired) electrons. The van der Waals surface area contributed by atoms with Crippen LogP contribution in [-0.2, 0) is 0 Å². The number of aryl methyl sites for hydroxylation is 2. The fourth-order valence-corrected chi connectivity index (χ4v) is 2.33. The lowest BCUT2D eigenvalue weighted by atomic mass is 10.0. The Morgan fingerprint density at radius 2 is 1.67 bits per heavy atom. The first-order valence-corrected chi connectivity index (χ1v) is 5.68. The molecule has 0 amide bonds. The predicted molar refractivity (Wildman–Crippen MR) is 62.0 cm³/mol. The van der Waals surface area contributed by atoms with Gasteiger partial charge in [-0.1, -0.05) is 12.8 Å². The van der Waals surface area contributed by atoms with Crippen molar-refractivity contribution < 1.29 is 0 Å². The van der Waals surface area contributed by atoms with Crippen molar-refractivity contribution in [2.75, 3.05) is 5.32 Å². The fourth-order valence-electron chi connectivity index (χ4n) is 2.33. The molecule has 1 saturated carbocycles. The van der Waals surface area contributed by atoms with Gasteiger partial charge in [0.25, 0.3) is 0 Å². The minimum absolute atomic E-state index is 0.209. The number of hydrogen-bond donors (Lipinski definition) is 1. The highest BCUT2D eigenvalue weighted by Crippen LogP contribution is 2.31. The van der Waals surface area contributed by atoms with Crippen LogP contribution in [0.1, 0.15) is 44.0 Å². The first kappa shape index (κ1) is 10.4. The molecule has 0 aliphatic heterocycles. The average Bonchev–Trinajstić information content (AvgIpc) is 2.49. The summed E-state index contributed by atoms with van der Waals surface area (Å²) in [6.45, 7) is 6.29. The van der Waals surface area contributed by atoms with Gasteiger partial charge < -0.3 is 5.32 Å². The zero-order chi connectivity index (χ0) is 10.9. The molecule has 15 heavy (non-hydrogen) atoms. The number of rotatable bonds is 2. The summed E-state index contributed by atoms with van der Waals surface area (Å²) in [6.07, 6.45) is 5.08. The molecule has 0 spiro atoms. The molecular weight excluding hydrogens is 186 g/mol. The lowest BCUT2D eigenvalue weighted by Crippen LogP contribution is -2.31. The molecule has 1 aliphatic carbocycles. The number of aromatic nitrogens is 2. The highest BCUT2D eigenvalue weighted by molar-refractivity contribution is 5.31. The topological polar surface area (TPSA) is 37.8 Å². The Balaban J connectivity index is 2.16. The third kappa shape index (κ3) is 2.46. The monoisotopic (exact) mass is 205 g/mol. The van der Waals surface area contributed by atoms with E-state index in [1.54, 1.807) is 0 Å². The Labute approximate surface area is 91.3 Å². The van der Waals surface area contributed by atoms with Crippen LogP contribution < -0.4 is 5.32 Å². The van der Waals surface area contributed by atoms with E-state index in [0.29, 0.717) is 0 Å². The van der Waals surface area contributed by atoms with Crippen molar-refractivity contribution in [1.82, 2.24) is 9.97 Å². The first-order valence-electron chi connectivity index (χ1n) is 5.68. The van der Waals surface area contributed by atoms with Crippen LogP contribution in [0.15, 0.2) is 6.07 Å². The lowest BCUT2D eigenvalue weighted by molar-refractivity contribution is 0.527. The van der Waals surface area contributed by atoms with Gasteiger partial charge in [-0.25, -0.2) is 9.97 Å². The highest BCUT2D eigenvalue weighted by atomic mass is 15.1. The van der Waals surface area contributed by atoms with Crippen molar-refractivity contribution >= 4 is 5.95 Å². The number of nitrogens with zero attached hydrogens (tertiary/aromatic N) is 2. The van der Waals surface area contributed by atoms with Crippen LogP contribution in [-0.4, -0.2) is 15.5 Å². The van der Waals surface area contributed by atoms with E-state index in [1.165, 1.54) is 25.7 Å². The van der Waals surface area contributed by atoms with Crippen LogP contribution >= 0.6 is 0 Å². The maximum atomic E-state index is 4.42. The molecule has 1 fully saturated rings. The summed E-state index contributed by atoms with van der Waals surface area (Å²) in [7, 11) is 0. The van der Waals surface area contributed by atoms with Crippen LogP contribution in [0.25, 0.3) is 0 Å². The second-order valence-electron chi connectivity index (χ2n) is 4.87. The van der Waals surface area contributed by atoms with Crippen molar-refractivity contribution in [1.29, 1.82) is 0 Å². The van der Waals surface area contributed by atoms with Gasteiger partial charge in [-0.3, -0.25) is 0 Å². The third-order valence-electron chi connectivity index (χ3n) is 3.10. The van der Waals surface area contributed by atoms with E-state index in [9.17, 15) is 0 Å². The van der Waals surface area contributed by atoms with Gasteiger partial charge in [0, 0.05) is 16.9 Å². The van der Waals surface area contributed by atoms with Crippen LogP contribution in [0.5, 0.6) is 0 Å². The Hall–Kier alpha value is -1.12. The van der Waals surface area contributed by atoms with E-state index in [1.807, 2.05) is 19.9 Å². The third-order valence-corrected chi connectivity index (χ3v) is 3.10. The van der Waals surface area contributed by atoms with E-state index in [4.69, 9.17) is 0 Å². The number of anilines is 1. The molecule has 1 aromatic rings. The van der Waals surface area contributed by atoms with Gasteiger partial charge in [-0.05, 0) is 39.7 Å². The number of nitrogens with one attached hydrogen (secondary N) is 1. The average molecular weight is 205 g/mol. The highest BCUT2D eigenvalue weighted by Gasteiger charge is 2.29. The number of hydrogen-bond acceptors (Lipinski definition) is 3. The summed E-state index contributed by atoms with van der Waals surface area (Å²) in [5.74, 6) is 0.789. The molecule has 3 heteroatoms. The summed E-state index contributed by atoms with van der Waals surface area (Å²) >= 11 is 0. The van der Waals surface area contributed by atoms with Gasteiger partial charge in [0.15, 0.2) is 0 Å². The van der Waals surface area contributed by atoms with E-state index in [2.05, 4.69) is 22.2 Å². The van der Waals surface area contributed by atoms with Crippen molar-refractivity contribution in [2.45, 2.75) is 52.0 Å². The van der Waals surface area contributed by atoms with Crippen molar-refractivity contribution in [3.63, 3.8) is 0 Å². The molecular formula is C12H19N3. The predicted octanol–water partition coefficient (Wildman–Crippen LogP) is 2.84. The summed E-state index contributed by atoms with van der Waals surface area (Å²) in [5.41, 5.74) is 2.28. The van der Waals surface area contributed by atoms with Gasteiger partial charge in [0.05, 0.1) is 0 Å². The van der Waals surface area contributed by atoms with Crippen LogP contribution in [0.4, 0.5) is 5.95 Å². The minimum Gasteiger partial charge on any atom is -0.349 e. The Morgan fingerprint density at radius 3 is 2.20 bits per heavy atom. The fraction of sp³-hybridized carbons (Fsp3) is 0.667. The molecule has 0 saturated heterocycles. The summed E-state index contributed by atoms with van der Waals surface area (Å²) in [5, 5.41) is 3.48. The molecule has 82 valence electrons. The van der Waals surface area contributed by atoms with E-state index >= 15 is 0 Å². The van der Waals surface area contributed by atoms with E-state index < -0.39 is 0 Å². The van der Waals surface area contributed by atoms with Crippen molar-refractivity contribution in [3.8, 4) is 0 Å². The zero-order valence-electron chi connectivity index (χ0n) is 9.80. The van der Waals surface area contributed by atoms with Gasteiger partial charge in [-0.2, -0.15) is 0 Å². The molecule has 0 atom stereocenters. The SMILES string of the molecule is Cc1cc(C)nc(NC2(C)CCCC2)n1. The summed E-state index contributed by atoms with van der Waals surface area (Å²) in [4.78, 5) is 8.84. The van der Waals surface area contributed by atoms with E-state index in [-0.39, 0.29) is 5.54 Å². The molecule has 1 heterocycles.